The minimum atomic E-state index is -0.209. The van der Waals surface area contributed by atoms with E-state index in [1.807, 2.05) is 69.3 Å². The zero-order valence-corrected chi connectivity index (χ0v) is 18.1. The summed E-state index contributed by atoms with van der Waals surface area (Å²) in [6.07, 6.45) is 0. The second kappa shape index (κ2) is 11.0. The van der Waals surface area contributed by atoms with Crippen LogP contribution in [0.15, 0.2) is 54.6 Å². The third-order valence-electron chi connectivity index (χ3n) is 4.62. The van der Waals surface area contributed by atoms with Crippen molar-refractivity contribution >= 4 is 5.91 Å². The summed E-state index contributed by atoms with van der Waals surface area (Å²) in [6.45, 7) is 7.20. The van der Waals surface area contributed by atoms with Gasteiger partial charge in [-0.1, -0.05) is 6.07 Å². The lowest BCUT2D eigenvalue weighted by Gasteiger charge is -2.09. The lowest BCUT2D eigenvalue weighted by atomic mass is 10.1. The lowest BCUT2D eigenvalue weighted by molar-refractivity contribution is -0.123. The van der Waals surface area contributed by atoms with Crippen molar-refractivity contribution in [2.45, 2.75) is 20.8 Å². The standard InChI is InChI=1S/C24H27N3O4/c1-4-29-20-9-6-19(7-10-20)22-11-12-24(27-26-22)30-14-13-25-23(28)16-31-21-8-5-17(2)18(3)15-21/h5-12,15H,4,13-14,16H2,1-3H3,(H,25,28). The number of aromatic nitrogens is 2. The molecule has 1 heterocycles. The Kier molecular flexibility index (Phi) is 7.81. The summed E-state index contributed by atoms with van der Waals surface area (Å²) in [6, 6.07) is 17.0. The van der Waals surface area contributed by atoms with Crippen LogP contribution in [0.2, 0.25) is 0 Å². The van der Waals surface area contributed by atoms with Gasteiger partial charge in [0.15, 0.2) is 6.61 Å². The molecule has 0 unspecified atom stereocenters. The molecular formula is C24H27N3O4. The van der Waals surface area contributed by atoms with E-state index in [-0.39, 0.29) is 19.1 Å². The lowest BCUT2D eigenvalue weighted by Crippen LogP contribution is -2.32. The van der Waals surface area contributed by atoms with Crippen LogP contribution < -0.4 is 19.5 Å². The molecule has 3 aromatic rings. The maximum atomic E-state index is 11.9. The SMILES string of the molecule is CCOc1ccc(-c2ccc(OCCNC(=O)COc3ccc(C)c(C)c3)nn2)cc1. The van der Waals surface area contributed by atoms with Crippen molar-refractivity contribution in [1.29, 1.82) is 0 Å². The van der Waals surface area contributed by atoms with Crippen molar-refractivity contribution in [2.75, 3.05) is 26.4 Å². The number of hydrogen-bond acceptors (Lipinski definition) is 6. The van der Waals surface area contributed by atoms with Crippen molar-refractivity contribution in [3.63, 3.8) is 0 Å². The molecule has 0 bridgehead atoms. The van der Waals surface area contributed by atoms with Gasteiger partial charge in [-0.15, -0.1) is 10.2 Å². The Bertz CT molecular complexity index is 989. The summed E-state index contributed by atoms with van der Waals surface area (Å²) < 4.78 is 16.5. The number of rotatable bonds is 10. The largest absolute Gasteiger partial charge is 0.494 e. The Morgan fingerprint density at radius 3 is 2.32 bits per heavy atom. The molecule has 0 saturated carbocycles. The molecule has 1 aromatic heterocycles. The van der Waals surface area contributed by atoms with E-state index in [4.69, 9.17) is 14.2 Å². The van der Waals surface area contributed by atoms with Gasteiger partial charge >= 0.3 is 0 Å². The van der Waals surface area contributed by atoms with Gasteiger partial charge in [0.05, 0.1) is 18.8 Å². The molecule has 0 aliphatic rings. The molecule has 1 N–H and O–H groups in total. The van der Waals surface area contributed by atoms with Crippen molar-refractivity contribution in [3.05, 3.63) is 65.7 Å². The summed E-state index contributed by atoms with van der Waals surface area (Å²) in [4.78, 5) is 11.9. The van der Waals surface area contributed by atoms with Crippen LogP contribution in [-0.2, 0) is 4.79 Å². The fourth-order valence-corrected chi connectivity index (χ4v) is 2.79. The zero-order valence-electron chi connectivity index (χ0n) is 18.1. The van der Waals surface area contributed by atoms with Crippen LogP contribution in [0.5, 0.6) is 17.4 Å². The predicted octanol–water partition coefficient (Wildman–Crippen LogP) is 3.73. The summed E-state index contributed by atoms with van der Waals surface area (Å²) in [7, 11) is 0. The molecule has 162 valence electrons. The molecule has 0 atom stereocenters. The fraction of sp³-hybridized carbons (Fsp3) is 0.292. The number of ether oxygens (including phenoxy) is 3. The molecule has 0 aliphatic carbocycles. The van der Waals surface area contributed by atoms with Crippen LogP contribution in [0.3, 0.4) is 0 Å². The van der Waals surface area contributed by atoms with Gasteiger partial charge in [0.2, 0.25) is 5.88 Å². The average molecular weight is 421 g/mol. The van der Waals surface area contributed by atoms with Crippen LogP contribution in [0.1, 0.15) is 18.1 Å². The highest BCUT2D eigenvalue weighted by Crippen LogP contribution is 2.21. The van der Waals surface area contributed by atoms with Gasteiger partial charge in [-0.05, 0) is 74.4 Å². The maximum absolute atomic E-state index is 11.9. The number of nitrogens with one attached hydrogen (secondary N) is 1. The van der Waals surface area contributed by atoms with E-state index in [9.17, 15) is 4.79 Å². The molecule has 0 aliphatic heterocycles. The highest BCUT2D eigenvalue weighted by molar-refractivity contribution is 5.77. The molecule has 0 saturated heterocycles. The number of benzene rings is 2. The number of aryl methyl sites for hydroxylation is 2. The number of carbonyl (C=O) groups is 1. The topological polar surface area (TPSA) is 82.6 Å². The first kappa shape index (κ1) is 22.1. The molecule has 2 aromatic carbocycles. The van der Waals surface area contributed by atoms with Gasteiger partial charge in [-0.2, -0.15) is 0 Å². The second-order valence-corrected chi connectivity index (χ2v) is 6.95. The quantitative estimate of drug-likeness (QED) is 0.502. The normalized spacial score (nSPS) is 10.4. The smallest absolute Gasteiger partial charge is 0.258 e. The van der Waals surface area contributed by atoms with Crippen molar-refractivity contribution in [1.82, 2.24) is 15.5 Å². The van der Waals surface area contributed by atoms with E-state index >= 15 is 0 Å². The average Bonchev–Trinajstić information content (AvgIpc) is 2.79. The van der Waals surface area contributed by atoms with Crippen LogP contribution in [0.4, 0.5) is 0 Å². The minimum Gasteiger partial charge on any atom is -0.494 e. The summed E-state index contributed by atoms with van der Waals surface area (Å²) in [5, 5.41) is 11.0. The van der Waals surface area contributed by atoms with Gasteiger partial charge in [-0.25, -0.2) is 0 Å². The van der Waals surface area contributed by atoms with Crippen LogP contribution >= 0.6 is 0 Å². The Balaban J connectivity index is 1.38. The first-order chi connectivity index (χ1) is 15.0. The van der Waals surface area contributed by atoms with E-state index in [1.165, 1.54) is 5.56 Å². The third-order valence-corrected chi connectivity index (χ3v) is 4.62. The van der Waals surface area contributed by atoms with Gasteiger partial charge in [0.25, 0.3) is 5.91 Å². The molecule has 0 spiro atoms. The molecule has 1 amide bonds. The zero-order chi connectivity index (χ0) is 22.1. The van der Waals surface area contributed by atoms with Gasteiger partial charge in [-0.3, -0.25) is 4.79 Å². The van der Waals surface area contributed by atoms with E-state index in [0.717, 1.165) is 22.6 Å². The number of hydrogen-bond donors (Lipinski definition) is 1. The highest BCUT2D eigenvalue weighted by Gasteiger charge is 2.05. The van der Waals surface area contributed by atoms with E-state index in [2.05, 4.69) is 15.5 Å². The molecule has 7 heteroatoms. The van der Waals surface area contributed by atoms with E-state index in [0.29, 0.717) is 24.8 Å². The summed E-state index contributed by atoms with van der Waals surface area (Å²) in [5.41, 5.74) is 4.00. The number of amides is 1. The first-order valence-electron chi connectivity index (χ1n) is 10.2. The Labute approximate surface area is 182 Å². The van der Waals surface area contributed by atoms with Crippen molar-refractivity contribution < 1.29 is 19.0 Å². The molecule has 31 heavy (non-hydrogen) atoms. The molecule has 0 radical (unpaired) electrons. The van der Waals surface area contributed by atoms with Crippen molar-refractivity contribution in [2.24, 2.45) is 0 Å². The van der Waals surface area contributed by atoms with Gasteiger partial charge in [0.1, 0.15) is 18.1 Å². The maximum Gasteiger partial charge on any atom is 0.258 e. The first-order valence-corrected chi connectivity index (χ1v) is 10.2. The Hall–Kier alpha value is -3.61. The number of carbonyl (C=O) groups excluding carboxylic acids is 1. The van der Waals surface area contributed by atoms with Crippen molar-refractivity contribution in [3.8, 4) is 28.6 Å². The Morgan fingerprint density at radius 1 is 0.871 bits per heavy atom. The van der Waals surface area contributed by atoms with Crippen LogP contribution in [0.25, 0.3) is 11.3 Å². The minimum absolute atomic E-state index is 0.0426. The fourth-order valence-electron chi connectivity index (χ4n) is 2.79. The van der Waals surface area contributed by atoms with Gasteiger partial charge < -0.3 is 19.5 Å². The van der Waals surface area contributed by atoms with Crippen LogP contribution in [-0.4, -0.2) is 42.5 Å². The monoisotopic (exact) mass is 421 g/mol. The molecular weight excluding hydrogens is 394 g/mol. The number of nitrogens with zero attached hydrogens (tertiary/aromatic N) is 2. The Morgan fingerprint density at radius 2 is 1.65 bits per heavy atom. The predicted molar refractivity (Wildman–Crippen MR) is 119 cm³/mol. The third kappa shape index (κ3) is 6.70. The highest BCUT2D eigenvalue weighted by atomic mass is 16.5. The summed E-state index contributed by atoms with van der Waals surface area (Å²) >= 11 is 0. The second-order valence-electron chi connectivity index (χ2n) is 6.95. The molecule has 0 fully saturated rings. The molecule has 7 nitrogen and oxygen atoms in total. The van der Waals surface area contributed by atoms with E-state index in [1.54, 1.807) is 6.07 Å². The van der Waals surface area contributed by atoms with Gasteiger partial charge in [0, 0.05) is 11.6 Å². The van der Waals surface area contributed by atoms with Crippen LogP contribution in [0, 0.1) is 13.8 Å². The van der Waals surface area contributed by atoms with E-state index < -0.39 is 0 Å². The molecule has 3 rings (SSSR count). The summed E-state index contributed by atoms with van der Waals surface area (Å²) in [5.74, 6) is 1.69.